The molecule has 0 atom stereocenters. The van der Waals surface area contributed by atoms with Crippen molar-refractivity contribution in [3.8, 4) is 11.8 Å². The maximum atomic E-state index is 11.5. The molecule has 0 radical (unpaired) electrons. The van der Waals surface area contributed by atoms with Crippen molar-refractivity contribution in [3.63, 3.8) is 0 Å². The van der Waals surface area contributed by atoms with Crippen molar-refractivity contribution < 1.29 is 14.7 Å². The van der Waals surface area contributed by atoms with Crippen LogP contribution < -0.4 is 5.32 Å². The summed E-state index contributed by atoms with van der Waals surface area (Å²) < 4.78 is 1.56. The van der Waals surface area contributed by atoms with Crippen LogP contribution in [0.4, 0.5) is 0 Å². The number of hydrogen-bond donors (Lipinski definition) is 2. The van der Waals surface area contributed by atoms with Crippen LogP contribution in [0.5, 0.6) is 0 Å². The fourth-order valence-electron chi connectivity index (χ4n) is 1.88. The van der Waals surface area contributed by atoms with Crippen LogP contribution >= 0.6 is 0 Å². The number of rotatable bonds is 4. The van der Waals surface area contributed by atoms with Crippen molar-refractivity contribution in [2.75, 3.05) is 6.54 Å². The molecule has 1 aromatic rings. The van der Waals surface area contributed by atoms with Crippen LogP contribution in [0.15, 0.2) is 6.07 Å². The Kier molecular flexibility index (Phi) is 4.41. The number of carbonyl (C=O) groups excluding carboxylic acids is 1. The largest absolute Gasteiger partial charge is 0.476 e. The highest BCUT2D eigenvalue weighted by Crippen LogP contribution is 2.24. The van der Waals surface area contributed by atoms with E-state index in [4.69, 9.17) is 5.11 Å². The molecule has 1 saturated carbocycles. The molecule has 1 aliphatic carbocycles. The number of hydrogen-bond acceptors (Lipinski definition) is 3. The summed E-state index contributed by atoms with van der Waals surface area (Å²) in [5.74, 6) is 4.56. The molecule has 6 nitrogen and oxygen atoms in total. The van der Waals surface area contributed by atoms with Crippen molar-refractivity contribution in [2.24, 2.45) is 5.92 Å². The van der Waals surface area contributed by atoms with E-state index >= 15 is 0 Å². The first-order chi connectivity index (χ1) is 9.56. The first-order valence-electron chi connectivity index (χ1n) is 6.63. The lowest BCUT2D eigenvalue weighted by Crippen LogP contribution is -2.26. The molecule has 2 rings (SSSR count). The highest BCUT2D eigenvalue weighted by molar-refractivity contribution is 5.93. The van der Waals surface area contributed by atoms with E-state index in [9.17, 15) is 9.59 Å². The maximum Gasteiger partial charge on any atom is 0.356 e. The van der Waals surface area contributed by atoms with Gasteiger partial charge in [-0.1, -0.05) is 12.3 Å². The quantitative estimate of drug-likeness (QED) is 0.796. The van der Waals surface area contributed by atoms with Gasteiger partial charge in [0.15, 0.2) is 5.69 Å². The van der Waals surface area contributed by atoms with E-state index in [1.54, 1.807) is 11.6 Å². The predicted molar refractivity (Wildman–Crippen MR) is 72.1 cm³/mol. The van der Waals surface area contributed by atoms with Crippen LogP contribution in [0.1, 0.15) is 35.4 Å². The molecule has 0 unspecified atom stereocenters. The van der Waals surface area contributed by atoms with E-state index in [-0.39, 0.29) is 11.6 Å². The monoisotopic (exact) mass is 275 g/mol. The van der Waals surface area contributed by atoms with Crippen LogP contribution in [0.2, 0.25) is 0 Å². The van der Waals surface area contributed by atoms with Crippen molar-refractivity contribution in [1.29, 1.82) is 0 Å². The average Bonchev–Trinajstić information content (AvgIpc) is 2.69. The van der Waals surface area contributed by atoms with Crippen molar-refractivity contribution in [3.05, 3.63) is 17.5 Å². The van der Waals surface area contributed by atoms with Crippen molar-refractivity contribution in [2.45, 2.75) is 32.7 Å². The van der Waals surface area contributed by atoms with Crippen molar-refractivity contribution in [1.82, 2.24) is 15.1 Å². The van der Waals surface area contributed by atoms with Gasteiger partial charge in [0.1, 0.15) is 0 Å². The Morgan fingerprint density at radius 2 is 2.30 bits per heavy atom. The minimum absolute atomic E-state index is 0.0126. The Morgan fingerprint density at radius 3 is 2.85 bits per heavy atom. The lowest BCUT2D eigenvalue weighted by atomic mass is 9.86. The summed E-state index contributed by atoms with van der Waals surface area (Å²) in [6.45, 7) is 2.58. The third-order valence-corrected chi connectivity index (χ3v) is 3.30. The first kappa shape index (κ1) is 14.1. The molecule has 20 heavy (non-hydrogen) atoms. The summed E-state index contributed by atoms with van der Waals surface area (Å²) in [5, 5.41) is 15.4. The fraction of sp³-hybridized carbons (Fsp3) is 0.500. The minimum atomic E-state index is -1.05. The molecule has 1 aliphatic rings. The zero-order valence-electron chi connectivity index (χ0n) is 11.3. The number of amides is 1. The average molecular weight is 275 g/mol. The molecular weight excluding hydrogens is 258 g/mol. The smallest absolute Gasteiger partial charge is 0.356 e. The van der Waals surface area contributed by atoms with E-state index in [1.165, 1.54) is 12.5 Å². The number of carboxylic acids is 1. The van der Waals surface area contributed by atoms with E-state index < -0.39 is 5.97 Å². The molecule has 0 saturated heterocycles. The Morgan fingerprint density at radius 1 is 1.55 bits per heavy atom. The maximum absolute atomic E-state index is 11.5. The number of aryl methyl sites for hydroxylation is 1. The Bertz CT molecular complexity index is 576. The molecule has 2 N–H and O–H groups in total. The van der Waals surface area contributed by atoms with E-state index in [0.717, 1.165) is 18.5 Å². The summed E-state index contributed by atoms with van der Waals surface area (Å²) >= 11 is 0. The molecule has 0 bridgehead atoms. The lowest BCUT2D eigenvalue weighted by Gasteiger charge is -2.18. The predicted octanol–water partition coefficient (Wildman–Crippen LogP) is 0.809. The van der Waals surface area contributed by atoms with Crippen LogP contribution in [0.25, 0.3) is 0 Å². The number of nitrogens with zero attached hydrogens (tertiary/aromatic N) is 2. The SMILES string of the molecule is Cc1cc(C(=O)O)nn1CCNC(=O)C#CC1CCC1. The number of aromatic carboxylic acids is 1. The van der Waals surface area contributed by atoms with Gasteiger partial charge in [0.2, 0.25) is 0 Å². The lowest BCUT2D eigenvalue weighted by molar-refractivity contribution is -0.115. The molecule has 0 spiro atoms. The normalized spacial score (nSPS) is 14.1. The second-order valence-electron chi connectivity index (χ2n) is 4.85. The minimum Gasteiger partial charge on any atom is -0.476 e. The molecule has 0 aliphatic heterocycles. The highest BCUT2D eigenvalue weighted by atomic mass is 16.4. The van der Waals surface area contributed by atoms with Crippen molar-refractivity contribution >= 4 is 11.9 Å². The molecular formula is C14H17N3O3. The molecule has 6 heteroatoms. The second kappa shape index (κ2) is 6.24. The number of carbonyl (C=O) groups is 2. The van der Waals surface area contributed by atoms with Gasteiger partial charge in [-0.15, -0.1) is 0 Å². The summed E-state index contributed by atoms with van der Waals surface area (Å²) in [7, 11) is 0. The van der Waals surface area contributed by atoms with Gasteiger partial charge in [-0.25, -0.2) is 4.79 Å². The standard InChI is InChI=1S/C14H17N3O3/c1-10-9-12(14(19)20)16-17(10)8-7-15-13(18)6-5-11-3-2-4-11/h9,11H,2-4,7-8H2,1H3,(H,15,18)(H,19,20). The Hall–Kier alpha value is -2.29. The van der Waals surface area contributed by atoms with Crippen LogP contribution in [-0.4, -0.2) is 33.3 Å². The molecule has 0 aromatic carbocycles. The van der Waals surface area contributed by atoms with E-state index in [1.807, 2.05) is 0 Å². The van der Waals surface area contributed by atoms with Crippen LogP contribution in [0, 0.1) is 24.7 Å². The molecule has 1 aromatic heterocycles. The summed E-state index contributed by atoms with van der Waals surface area (Å²) in [6, 6.07) is 1.50. The highest BCUT2D eigenvalue weighted by Gasteiger charge is 2.14. The van der Waals surface area contributed by atoms with Gasteiger partial charge in [0.25, 0.3) is 5.91 Å². The number of aromatic nitrogens is 2. The first-order valence-corrected chi connectivity index (χ1v) is 6.63. The van der Waals surface area contributed by atoms with Crippen LogP contribution in [0.3, 0.4) is 0 Å². The van der Waals surface area contributed by atoms with Gasteiger partial charge in [-0.05, 0) is 31.8 Å². The van der Waals surface area contributed by atoms with Gasteiger partial charge in [-0.3, -0.25) is 9.48 Å². The zero-order chi connectivity index (χ0) is 14.5. The van der Waals surface area contributed by atoms with Gasteiger partial charge >= 0.3 is 5.97 Å². The van der Waals surface area contributed by atoms with Gasteiger partial charge in [0, 0.05) is 18.2 Å². The van der Waals surface area contributed by atoms with Gasteiger partial charge in [-0.2, -0.15) is 5.10 Å². The van der Waals surface area contributed by atoms with Gasteiger partial charge in [0.05, 0.1) is 6.54 Å². The third kappa shape index (κ3) is 3.60. The molecule has 1 heterocycles. The van der Waals surface area contributed by atoms with Gasteiger partial charge < -0.3 is 10.4 Å². The Balaban J connectivity index is 1.78. The molecule has 106 valence electrons. The number of nitrogens with one attached hydrogen (secondary N) is 1. The Labute approximate surface area is 117 Å². The van der Waals surface area contributed by atoms with E-state index in [2.05, 4.69) is 22.3 Å². The van der Waals surface area contributed by atoms with Crippen LogP contribution in [-0.2, 0) is 11.3 Å². The summed E-state index contributed by atoms with van der Waals surface area (Å²) in [6.07, 6.45) is 3.38. The topological polar surface area (TPSA) is 84.2 Å². The second-order valence-corrected chi connectivity index (χ2v) is 4.85. The third-order valence-electron chi connectivity index (χ3n) is 3.30. The molecule has 1 fully saturated rings. The number of carboxylic acid groups (broad SMARTS) is 1. The fourth-order valence-corrected chi connectivity index (χ4v) is 1.88. The van der Waals surface area contributed by atoms with E-state index in [0.29, 0.717) is 19.0 Å². The zero-order valence-corrected chi connectivity index (χ0v) is 11.3. The summed E-state index contributed by atoms with van der Waals surface area (Å²) in [4.78, 5) is 22.2. The molecule has 1 amide bonds. The summed E-state index contributed by atoms with van der Waals surface area (Å²) in [5.41, 5.74) is 0.760.